The predicted octanol–water partition coefficient (Wildman–Crippen LogP) is 2.78. The number of ether oxygens (including phenoxy) is 2. The van der Waals surface area contributed by atoms with Gasteiger partial charge in [0.15, 0.2) is 21.4 Å². The zero-order valence-corrected chi connectivity index (χ0v) is 15.5. The molecule has 1 amide bonds. The molecule has 140 valence electrons. The van der Waals surface area contributed by atoms with Gasteiger partial charge < -0.3 is 14.8 Å². The van der Waals surface area contributed by atoms with Crippen LogP contribution >= 0.6 is 0 Å². The van der Waals surface area contributed by atoms with Crippen LogP contribution < -0.4 is 14.8 Å². The summed E-state index contributed by atoms with van der Waals surface area (Å²) in [7, 11) is -1.08. The molecule has 26 heavy (non-hydrogen) atoms. The van der Waals surface area contributed by atoms with Crippen molar-refractivity contribution in [2.45, 2.75) is 17.9 Å². The maximum absolute atomic E-state index is 13.7. The minimum absolute atomic E-state index is 0.0214. The first kappa shape index (κ1) is 19.7. The summed E-state index contributed by atoms with van der Waals surface area (Å²) in [6, 6.07) is 10.6. The molecule has 0 spiro atoms. The first-order chi connectivity index (χ1) is 12.3. The quantitative estimate of drug-likeness (QED) is 0.798. The van der Waals surface area contributed by atoms with E-state index in [1.807, 2.05) is 0 Å². The summed E-state index contributed by atoms with van der Waals surface area (Å²) in [5, 5.41) is 1.22. The minimum atomic E-state index is -3.85. The van der Waals surface area contributed by atoms with Gasteiger partial charge in [0.1, 0.15) is 11.0 Å². The molecule has 1 unspecified atom stereocenters. The third-order valence-corrected chi connectivity index (χ3v) is 5.88. The number of carbonyl (C=O) groups is 1. The highest BCUT2D eigenvalue weighted by atomic mass is 32.2. The zero-order valence-electron chi connectivity index (χ0n) is 14.7. The van der Waals surface area contributed by atoms with Crippen LogP contribution in [0.4, 0.5) is 10.1 Å². The summed E-state index contributed by atoms with van der Waals surface area (Å²) in [4.78, 5) is 12.3. The van der Waals surface area contributed by atoms with Crippen molar-refractivity contribution in [2.24, 2.45) is 0 Å². The molecule has 0 aromatic heterocycles. The van der Waals surface area contributed by atoms with Gasteiger partial charge in [-0.25, -0.2) is 12.8 Å². The van der Waals surface area contributed by atoms with Gasteiger partial charge in [-0.2, -0.15) is 0 Å². The number of halogens is 1. The SMILES string of the molecule is COc1ccc(CS(=O)(=O)C(C)C(=O)Nc2ccccc2OC)cc1F. The lowest BCUT2D eigenvalue weighted by Gasteiger charge is -2.15. The molecule has 6 nitrogen and oxygen atoms in total. The summed E-state index contributed by atoms with van der Waals surface area (Å²) in [5.74, 6) is -1.38. The van der Waals surface area contributed by atoms with Crippen LogP contribution in [0.5, 0.6) is 11.5 Å². The van der Waals surface area contributed by atoms with E-state index in [1.165, 1.54) is 33.3 Å². The zero-order chi connectivity index (χ0) is 19.3. The molecule has 0 saturated heterocycles. The first-order valence-corrected chi connectivity index (χ1v) is 9.48. The van der Waals surface area contributed by atoms with E-state index in [0.717, 1.165) is 6.07 Å². The molecule has 0 fully saturated rings. The smallest absolute Gasteiger partial charge is 0.242 e. The average Bonchev–Trinajstić information content (AvgIpc) is 2.61. The fraction of sp³-hybridized carbons (Fsp3) is 0.278. The largest absolute Gasteiger partial charge is 0.495 e. The number of para-hydroxylation sites is 2. The molecule has 2 aromatic rings. The highest BCUT2D eigenvalue weighted by molar-refractivity contribution is 7.92. The van der Waals surface area contributed by atoms with E-state index in [9.17, 15) is 17.6 Å². The average molecular weight is 381 g/mol. The Hall–Kier alpha value is -2.61. The van der Waals surface area contributed by atoms with Gasteiger partial charge in [0, 0.05) is 0 Å². The fourth-order valence-electron chi connectivity index (χ4n) is 2.30. The van der Waals surface area contributed by atoms with Gasteiger partial charge in [0.25, 0.3) is 0 Å². The van der Waals surface area contributed by atoms with Crippen LogP contribution in [0.3, 0.4) is 0 Å². The first-order valence-electron chi connectivity index (χ1n) is 7.76. The molecule has 0 aliphatic carbocycles. The maximum Gasteiger partial charge on any atom is 0.242 e. The molecule has 0 radical (unpaired) electrons. The van der Waals surface area contributed by atoms with E-state index in [0.29, 0.717) is 11.4 Å². The van der Waals surface area contributed by atoms with E-state index in [1.54, 1.807) is 24.3 Å². The van der Waals surface area contributed by atoms with E-state index in [4.69, 9.17) is 9.47 Å². The Balaban J connectivity index is 2.15. The topological polar surface area (TPSA) is 81.7 Å². The third-order valence-electron chi connectivity index (χ3n) is 3.86. The van der Waals surface area contributed by atoms with Gasteiger partial charge in [-0.15, -0.1) is 0 Å². The van der Waals surface area contributed by atoms with Gasteiger partial charge in [0.2, 0.25) is 5.91 Å². The number of benzene rings is 2. The van der Waals surface area contributed by atoms with Crippen LogP contribution in [0, 0.1) is 5.82 Å². The van der Waals surface area contributed by atoms with Crippen molar-refractivity contribution in [3.8, 4) is 11.5 Å². The van der Waals surface area contributed by atoms with Crippen LogP contribution in [-0.4, -0.2) is 33.8 Å². The van der Waals surface area contributed by atoms with Gasteiger partial charge >= 0.3 is 0 Å². The summed E-state index contributed by atoms with van der Waals surface area (Å²) in [6.45, 7) is 1.29. The van der Waals surface area contributed by atoms with Crippen LogP contribution in [0.2, 0.25) is 0 Å². The Kier molecular flexibility index (Phi) is 6.20. The Morgan fingerprint density at radius 2 is 1.77 bits per heavy atom. The van der Waals surface area contributed by atoms with Gasteiger partial charge in [-0.1, -0.05) is 18.2 Å². The van der Waals surface area contributed by atoms with Crippen molar-refractivity contribution in [1.29, 1.82) is 0 Å². The van der Waals surface area contributed by atoms with Crippen LogP contribution in [0.25, 0.3) is 0 Å². The molecule has 1 atom stereocenters. The van der Waals surface area contributed by atoms with Crippen molar-refractivity contribution >= 4 is 21.4 Å². The number of amides is 1. The molecule has 0 aliphatic rings. The van der Waals surface area contributed by atoms with Crippen molar-refractivity contribution in [3.63, 3.8) is 0 Å². The van der Waals surface area contributed by atoms with E-state index in [2.05, 4.69) is 5.32 Å². The van der Waals surface area contributed by atoms with Crippen molar-refractivity contribution < 1.29 is 27.1 Å². The minimum Gasteiger partial charge on any atom is -0.495 e. The van der Waals surface area contributed by atoms with Crippen LogP contribution in [0.1, 0.15) is 12.5 Å². The van der Waals surface area contributed by atoms with Crippen LogP contribution in [-0.2, 0) is 20.4 Å². The Bertz CT molecular complexity index is 898. The highest BCUT2D eigenvalue weighted by Gasteiger charge is 2.29. The number of methoxy groups -OCH3 is 2. The number of hydrogen-bond donors (Lipinski definition) is 1. The van der Waals surface area contributed by atoms with Gasteiger partial charge in [0.05, 0.1) is 25.7 Å². The van der Waals surface area contributed by atoms with Crippen molar-refractivity contribution in [2.75, 3.05) is 19.5 Å². The maximum atomic E-state index is 13.7. The second-order valence-corrected chi connectivity index (χ2v) is 7.93. The van der Waals surface area contributed by atoms with E-state index in [-0.39, 0.29) is 11.3 Å². The standard InChI is InChI=1S/C18H20FNO5S/c1-12(18(21)20-15-6-4-5-7-17(15)25-3)26(22,23)11-13-8-9-16(24-2)14(19)10-13/h4-10,12H,11H2,1-3H3,(H,20,21). The molecule has 0 bridgehead atoms. The fourth-order valence-corrected chi connectivity index (χ4v) is 3.58. The lowest BCUT2D eigenvalue weighted by molar-refractivity contribution is -0.115. The molecule has 0 aliphatic heterocycles. The number of hydrogen-bond acceptors (Lipinski definition) is 5. The number of sulfone groups is 1. The second-order valence-electron chi connectivity index (χ2n) is 5.61. The van der Waals surface area contributed by atoms with Crippen molar-refractivity contribution in [3.05, 3.63) is 53.8 Å². The molecule has 1 N–H and O–H groups in total. The van der Waals surface area contributed by atoms with Crippen molar-refractivity contribution in [1.82, 2.24) is 0 Å². The van der Waals surface area contributed by atoms with Gasteiger partial charge in [-0.3, -0.25) is 4.79 Å². The van der Waals surface area contributed by atoms with E-state index >= 15 is 0 Å². The number of anilines is 1. The second kappa shape index (κ2) is 8.18. The summed E-state index contributed by atoms with van der Waals surface area (Å²) < 4.78 is 48.7. The molecule has 8 heteroatoms. The summed E-state index contributed by atoms with van der Waals surface area (Å²) >= 11 is 0. The Morgan fingerprint density at radius 3 is 2.38 bits per heavy atom. The summed E-state index contributed by atoms with van der Waals surface area (Å²) in [6.07, 6.45) is 0. The molecule has 2 aromatic carbocycles. The number of nitrogens with one attached hydrogen (secondary N) is 1. The number of carbonyl (C=O) groups excluding carboxylic acids is 1. The number of rotatable bonds is 7. The summed E-state index contributed by atoms with van der Waals surface area (Å²) in [5.41, 5.74) is 0.609. The lowest BCUT2D eigenvalue weighted by atomic mass is 10.2. The molecular weight excluding hydrogens is 361 g/mol. The van der Waals surface area contributed by atoms with E-state index < -0.39 is 32.6 Å². The lowest BCUT2D eigenvalue weighted by Crippen LogP contribution is -2.33. The Labute approximate surface area is 151 Å². The molecule has 2 rings (SSSR count). The Morgan fingerprint density at radius 1 is 1.12 bits per heavy atom. The molecular formula is C18H20FNO5S. The monoisotopic (exact) mass is 381 g/mol. The van der Waals surface area contributed by atoms with Crippen LogP contribution in [0.15, 0.2) is 42.5 Å². The van der Waals surface area contributed by atoms with Gasteiger partial charge in [-0.05, 0) is 36.8 Å². The predicted molar refractivity (Wildman–Crippen MR) is 96.7 cm³/mol. The molecule has 0 saturated carbocycles. The molecule has 0 heterocycles. The normalized spacial score (nSPS) is 12.3. The highest BCUT2D eigenvalue weighted by Crippen LogP contribution is 2.24. The third kappa shape index (κ3) is 4.51.